The van der Waals surface area contributed by atoms with Gasteiger partial charge in [-0.05, 0) is 27.2 Å². The lowest BCUT2D eigenvalue weighted by atomic mass is 10.2. The Morgan fingerprint density at radius 3 is 2.58 bits per heavy atom. The molecule has 19 heavy (non-hydrogen) atoms. The molecule has 1 unspecified atom stereocenters. The van der Waals surface area contributed by atoms with E-state index in [1.807, 2.05) is 27.7 Å². The van der Waals surface area contributed by atoms with Crippen LogP contribution in [0.1, 0.15) is 47.0 Å². The zero-order valence-electron chi connectivity index (χ0n) is 12.4. The predicted molar refractivity (Wildman–Crippen MR) is 71.7 cm³/mol. The zero-order chi connectivity index (χ0) is 14.5. The van der Waals surface area contributed by atoms with E-state index in [4.69, 9.17) is 9.47 Å². The minimum absolute atomic E-state index is 0.00705. The van der Waals surface area contributed by atoms with E-state index in [1.165, 1.54) is 0 Å². The Kier molecular flexibility index (Phi) is 5.79. The Morgan fingerprint density at radius 2 is 2.00 bits per heavy atom. The number of morpholine rings is 1. The lowest BCUT2D eigenvalue weighted by Crippen LogP contribution is -2.45. The first-order valence-corrected chi connectivity index (χ1v) is 6.93. The number of rotatable bonds is 4. The molecule has 1 aliphatic rings. The van der Waals surface area contributed by atoms with Gasteiger partial charge in [-0.3, -0.25) is 9.59 Å². The molecule has 0 aromatic carbocycles. The molecule has 1 atom stereocenters. The number of hydrogen-bond acceptors (Lipinski definition) is 4. The van der Waals surface area contributed by atoms with Gasteiger partial charge in [-0.25, -0.2) is 0 Å². The summed E-state index contributed by atoms with van der Waals surface area (Å²) in [6, 6.07) is 0. The van der Waals surface area contributed by atoms with Crippen molar-refractivity contribution in [3.8, 4) is 0 Å². The first-order valence-electron chi connectivity index (χ1n) is 6.93. The van der Waals surface area contributed by atoms with Gasteiger partial charge in [0.15, 0.2) is 0 Å². The van der Waals surface area contributed by atoms with Crippen molar-refractivity contribution < 1.29 is 19.1 Å². The molecule has 1 aliphatic heterocycles. The first kappa shape index (κ1) is 16.0. The average Bonchev–Trinajstić information content (AvgIpc) is 2.34. The van der Waals surface area contributed by atoms with Crippen LogP contribution in [0, 0.1) is 0 Å². The van der Waals surface area contributed by atoms with Crippen LogP contribution in [-0.2, 0) is 19.1 Å². The van der Waals surface area contributed by atoms with Crippen LogP contribution in [0.5, 0.6) is 0 Å². The molecule has 0 spiro atoms. The molecule has 0 aromatic rings. The van der Waals surface area contributed by atoms with Gasteiger partial charge < -0.3 is 14.4 Å². The van der Waals surface area contributed by atoms with E-state index >= 15 is 0 Å². The van der Waals surface area contributed by atoms with Gasteiger partial charge in [0, 0.05) is 19.5 Å². The Labute approximate surface area is 115 Å². The number of ether oxygens (including phenoxy) is 2. The SMILES string of the molecule is CCC1CN(C(=O)CCC(=O)OC(C)(C)C)CCO1. The second-order valence-electron chi connectivity index (χ2n) is 5.83. The summed E-state index contributed by atoms with van der Waals surface area (Å²) in [5, 5.41) is 0. The van der Waals surface area contributed by atoms with Gasteiger partial charge in [-0.1, -0.05) is 6.92 Å². The summed E-state index contributed by atoms with van der Waals surface area (Å²) in [6.07, 6.45) is 1.38. The third kappa shape index (κ3) is 6.05. The molecule has 0 bridgehead atoms. The Bertz CT molecular complexity index is 322. The van der Waals surface area contributed by atoms with Gasteiger partial charge in [0.25, 0.3) is 0 Å². The number of carbonyl (C=O) groups is 2. The molecule has 0 radical (unpaired) electrons. The number of carbonyl (C=O) groups excluding carboxylic acids is 2. The minimum Gasteiger partial charge on any atom is -0.460 e. The van der Waals surface area contributed by atoms with Crippen LogP contribution < -0.4 is 0 Å². The van der Waals surface area contributed by atoms with Gasteiger partial charge in [-0.15, -0.1) is 0 Å². The molecule has 1 heterocycles. The molecule has 0 N–H and O–H groups in total. The van der Waals surface area contributed by atoms with Crippen molar-refractivity contribution in [3.63, 3.8) is 0 Å². The highest BCUT2D eigenvalue weighted by Gasteiger charge is 2.24. The number of esters is 1. The molecule has 0 aromatic heterocycles. The van der Waals surface area contributed by atoms with Gasteiger partial charge in [0.2, 0.25) is 5.91 Å². The van der Waals surface area contributed by atoms with Crippen LogP contribution in [0.4, 0.5) is 0 Å². The fourth-order valence-electron chi connectivity index (χ4n) is 1.95. The van der Waals surface area contributed by atoms with Crippen LogP contribution in [0.2, 0.25) is 0 Å². The van der Waals surface area contributed by atoms with E-state index in [0.717, 1.165) is 6.42 Å². The molecule has 5 heteroatoms. The van der Waals surface area contributed by atoms with Crippen LogP contribution >= 0.6 is 0 Å². The summed E-state index contributed by atoms with van der Waals surface area (Å²) in [7, 11) is 0. The molecule has 1 fully saturated rings. The summed E-state index contributed by atoms with van der Waals surface area (Å²) in [5.74, 6) is -0.311. The Hall–Kier alpha value is -1.10. The highest BCUT2D eigenvalue weighted by molar-refractivity contribution is 5.81. The molecule has 5 nitrogen and oxygen atoms in total. The maximum absolute atomic E-state index is 12.0. The summed E-state index contributed by atoms with van der Waals surface area (Å²) in [5.41, 5.74) is -0.494. The maximum atomic E-state index is 12.0. The van der Waals surface area contributed by atoms with E-state index in [2.05, 4.69) is 0 Å². The Balaban J connectivity index is 2.33. The molecule has 0 aliphatic carbocycles. The Morgan fingerprint density at radius 1 is 1.32 bits per heavy atom. The van der Waals surface area contributed by atoms with E-state index in [9.17, 15) is 9.59 Å². The van der Waals surface area contributed by atoms with Crippen LogP contribution in [0.25, 0.3) is 0 Å². The summed E-state index contributed by atoms with van der Waals surface area (Å²) in [6.45, 7) is 9.32. The third-order valence-corrected chi connectivity index (χ3v) is 2.91. The zero-order valence-corrected chi connectivity index (χ0v) is 12.4. The van der Waals surface area contributed by atoms with Gasteiger partial charge in [-0.2, -0.15) is 0 Å². The molecular formula is C14H25NO4. The minimum atomic E-state index is -0.494. The predicted octanol–water partition coefficient (Wildman–Crippen LogP) is 1.75. The topological polar surface area (TPSA) is 55.8 Å². The molecule has 1 rings (SSSR count). The highest BCUT2D eigenvalue weighted by atomic mass is 16.6. The monoisotopic (exact) mass is 271 g/mol. The highest BCUT2D eigenvalue weighted by Crippen LogP contribution is 2.12. The van der Waals surface area contributed by atoms with Gasteiger partial charge in [0.05, 0.1) is 19.1 Å². The van der Waals surface area contributed by atoms with E-state index in [-0.39, 0.29) is 30.8 Å². The fraction of sp³-hybridized carbons (Fsp3) is 0.857. The quantitative estimate of drug-likeness (QED) is 0.731. The smallest absolute Gasteiger partial charge is 0.306 e. The molecule has 1 saturated heterocycles. The fourth-order valence-corrected chi connectivity index (χ4v) is 1.95. The van der Waals surface area contributed by atoms with Crippen molar-refractivity contribution in [2.75, 3.05) is 19.7 Å². The van der Waals surface area contributed by atoms with Crippen LogP contribution in [0.3, 0.4) is 0 Å². The lowest BCUT2D eigenvalue weighted by Gasteiger charge is -2.32. The van der Waals surface area contributed by atoms with Crippen LogP contribution in [0.15, 0.2) is 0 Å². The van der Waals surface area contributed by atoms with Crippen molar-refractivity contribution in [1.29, 1.82) is 0 Å². The molecular weight excluding hydrogens is 246 g/mol. The molecule has 1 amide bonds. The van der Waals surface area contributed by atoms with E-state index < -0.39 is 5.60 Å². The first-order chi connectivity index (χ1) is 8.81. The van der Waals surface area contributed by atoms with E-state index in [0.29, 0.717) is 19.7 Å². The largest absolute Gasteiger partial charge is 0.460 e. The van der Waals surface area contributed by atoms with Crippen molar-refractivity contribution >= 4 is 11.9 Å². The van der Waals surface area contributed by atoms with Crippen molar-refractivity contribution in [1.82, 2.24) is 4.90 Å². The second-order valence-corrected chi connectivity index (χ2v) is 5.83. The van der Waals surface area contributed by atoms with Crippen molar-refractivity contribution in [2.24, 2.45) is 0 Å². The van der Waals surface area contributed by atoms with Crippen LogP contribution in [-0.4, -0.2) is 48.2 Å². The molecule has 0 saturated carbocycles. The molecule has 110 valence electrons. The third-order valence-electron chi connectivity index (χ3n) is 2.91. The number of nitrogens with zero attached hydrogens (tertiary/aromatic N) is 1. The van der Waals surface area contributed by atoms with Gasteiger partial charge in [0.1, 0.15) is 5.60 Å². The standard InChI is InChI=1S/C14H25NO4/c1-5-11-10-15(8-9-18-11)12(16)6-7-13(17)19-14(2,3)4/h11H,5-10H2,1-4H3. The summed E-state index contributed by atoms with van der Waals surface area (Å²) < 4.78 is 10.7. The summed E-state index contributed by atoms with van der Waals surface area (Å²) in [4.78, 5) is 25.3. The van der Waals surface area contributed by atoms with Crippen molar-refractivity contribution in [3.05, 3.63) is 0 Å². The number of amides is 1. The van der Waals surface area contributed by atoms with Gasteiger partial charge >= 0.3 is 5.97 Å². The summed E-state index contributed by atoms with van der Waals surface area (Å²) >= 11 is 0. The van der Waals surface area contributed by atoms with Crippen molar-refractivity contribution in [2.45, 2.75) is 58.7 Å². The second kappa shape index (κ2) is 6.89. The lowest BCUT2D eigenvalue weighted by molar-refractivity contribution is -0.157. The normalized spacial score (nSPS) is 20.2. The number of hydrogen-bond donors (Lipinski definition) is 0. The van der Waals surface area contributed by atoms with E-state index in [1.54, 1.807) is 4.90 Å². The maximum Gasteiger partial charge on any atom is 0.306 e. The average molecular weight is 271 g/mol.